The third-order valence-corrected chi connectivity index (χ3v) is 4.76. The van der Waals surface area contributed by atoms with Gasteiger partial charge in [0.1, 0.15) is 18.8 Å². The number of ether oxygens (including phenoxy) is 1. The SMILES string of the molecule is COC(=O)c1c(C[NH+](C)Cc2ccc(Cl)cc2)nc2ccccc2c1C. The zero-order valence-corrected chi connectivity index (χ0v) is 15.9. The Balaban J connectivity index is 1.94. The maximum atomic E-state index is 12.4. The van der Waals surface area contributed by atoms with E-state index in [2.05, 4.69) is 7.05 Å². The van der Waals surface area contributed by atoms with Crippen molar-refractivity contribution in [1.82, 2.24) is 4.98 Å². The number of rotatable bonds is 5. The fourth-order valence-corrected chi connectivity index (χ4v) is 3.37. The van der Waals surface area contributed by atoms with Gasteiger partial charge in [0.25, 0.3) is 0 Å². The minimum atomic E-state index is -0.338. The number of nitrogens with one attached hydrogen (secondary N) is 1. The summed E-state index contributed by atoms with van der Waals surface area (Å²) in [6, 6.07) is 15.7. The van der Waals surface area contributed by atoms with E-state index in [1.54, 1.807) is 0 Å². The van der Waals surface area contributed by atoms with Crippen LogP contribution in [-0.4, -0.2) is 25.1 Å². The molecule has 0 aliphatic heterocycles. The predicted molar refractivity (Wildman–Crippen MR) is 104 cm³/mol. The van der Waals surface area contributed by atoms with Crippen molar-refractivity contribution in [2.45, 2.75) is 20.0 Å². The molecule has 3 aromatic rings. The lowest BCUT2D eigenvalue weighted by Crippen LogP contribution is -3.06. The molecule has 0 radical (unpaired) electrons. The van der Waals surface area contributed by atoms with Crippen LogP contribution in [0.25, 0.3) is 10.9 Å². The molecule has 1 atom stereocenters. The Labute approximate surface area is 158 Å². The van der Waals surface area contributed by atoms with Gasteiger partial charge in [-0.3, -0.25) is 0 Å². The molecule has 26 heavy (non-hydrogen) atoms. The van der Waals surface area contributed by atoms with E-state index in [0.717, 1.165) is 33.7 Å². The molecule has 0 saturated heterocycles. The van der Waals surface area contributed by atoms with Crippen molar-refractivity contribution in [3.63, 3.8) is 0 Å². The Morgan fingerprint density at radius 3 is 2.50 bits per heavy atom. The van der Waals surface area contributed by atoms with Gasteiger partial charge in [-0.15, -0.1) is 0 Å². The van der Waals surface area contributed by atoms with Crippen molar-refractivity contribution >= 4 is 28.5 Å². The van der Waals surface area contributed by atoms with Gasteiger partial charge in [0.2, 0.25) is 0 Å². The summed E-state index contributed by atoms with van der Waals surface area (Å²) in [7, 11) is 3.49. The molecule has 1 heterocycles. The van der Waals surface area contributed by atoms with E-state index < -0.39 is 0 Å². The molecule has 1 unspecified atom stereocenters. The second-order valence-electron chi connectivity index (χ2n) is 6.50. The van der Waals surface area contributed by atoms with E-state index in [-0.39, 0.29) is 5.97 Å². The van der Waals surface area contributed by atoms with Gasteiger partial charge in [-0.1, -0.05) is 41.9 Å². The lowest BCUT2D eigenvalue weighted by atomic mass is 10.0. The third-order valence-electron chi connectivity index (χ3n) is 4.50. The van der Waals surface area contributed by atoms with Crippen molar-refractivity contribution in [2.75, 3.05) is 14.2 Å². The zero-order valence-electron chi connectivity index (χ0n) is 15.2. The summed E-state index contributed by atoms with van der Waals surface area (Å²) >= 11 is 5.95. The van der Waals surface area contributed by atoms with E-state index >= 15 is 0 Å². The van der Waals surface area contributed by atoms with Crippen molar-refractivity contribution in [3.8, 4) is 0 Å². The van der Waals surface area contributed by atoms with Gasteiger partial charge >= 0.3 is 5.97 Å². The number of esters is 1. The Hall–Kier alpha value is -2.43. The van der Waals surface area contributed by atoms with E-state index in [1.165, 1.54) is 17.6 Å². The molecule has 134 valence electrons. The van der Waals surface area contributed by atoms with Crippen molar-refractivity contribution in [2.24, 2.45) is 0 Å². The summed E-state index contributed by atoms with van der Waals surface area (Å²) in [6.07, 6.45) is 0. The van der Waals surface area contributed by atoms with Gasteiger partial charge in [0.15, 0.2) is 0 Å². The number of carbonyl (C=O) groups is 1. The smallest absolute Gasteiger partial charge is 0.340 e. The lowest BCUT2D eigenvalue weighted by Gasteiger charge is -2.17. The van der Waals surface area contributed by atoms with Crippen LogP contribution in [0.1, 0.15) is 27.2 Å². The fourth-order valence-electron chi connectivity index (χ4n) is 3.24. The van der Waals surface area contributed by atoms with E-state index in [1.807, 2.05) is 55.5 Å². The fraction of sp³-hybridized carbons (Fsp3) is 0.238. The molecule has 0 aliphatic carbocycles. The summed E-state index contributed by atoms with van der Waals surface area (Å²) in [5.41, 5.74) is 4.33. The molecule has 2 aromatic carbocycles. The molecular formula is C21H22ClN2O2+. The number of nitrogens with zero attached hydrogens (tertiary/aromatic N) is 1. The molecular weight excluding hydrogens is 348 g/mol. The van der Waals surface area contributed by atoms with Crippen molar-refractivity contribution in [3.05, 3.63) is 75.9 Å². The molecule has 1 aromatic heterocycles. The molecule has 4 nitrogen and oxygen atoms in total. The molecule has 0 bridgehead atoms. The minimum absolute atomic E-state index is 0.338. The van der Waals surface area contributed by atoms with Crippen LogP contribution in [0.5, 0.6) is 0 Å². The van der Waals surface area contributed by atoms with Gasteiger partial charge in [0.05, 0.1) is 25.2 Å². The molecule has 0 fully saturated rings. The van der Waals surface area contributed by atoms with Crippen LogP contribution >= 0.6 is 11.6 Å². The number of halogens is 1. The summed E-state index contributed by atoms with van der Waals surface area (Å²) in [5, 5.41) is 1.71. The number of quaternary nitrogens is 1. The van der Waals surface area contributed by atoms with Crippen molar-refractivity contribution in [1.29, 1.82) is 0 Å². The molecule has 0 spiro atoms. The van der Waals surface area contributed by atoms with Gasteiger partial charge < -0.3 is 9.64 Å². The largest absolute Gasteiger partial charge is 0.465 e. The molecule has 5 heteroatoms. The highest BCUT2D eigenvalue weighted by atomic mass is 35.5. The Morgan fingerprint density at radius 2 is 1.81 bits per heavy atom. The first-order valence-electron chi connectivity index (χ1n) is 8.52. The molecule has 3 rings (SSSR count). The Bertz CT molecular complexity index is 939. The molecule has 0 saturated carbocycles. The van der Waals surface area contributed by atoms with Crippen LogP contribution < -0.4 is 4.90 Å². The van der Waals surface area contributed by atoms with E-state index in [9.17, 15) is 4.79 Å². The van der Waals surface area contributed by atoms with Crippen LogP contribution in [0.4, 0.5) is 0 Å². The highest BCUT2D eigenvalue weighted by Gasteiger charge is 2.21. The number of para-hydroxylation sites is 1. The monoisotopic (exact) mass is 369 g/mol. The Kier molecular flexibility index (Phi) is 5.55. The summed E-state index contributed by atoms with van der Waals surface area (Å²) in [4.78, 5) is 18.4. The van der Waals surface area contributed by atoms with Crippen LogP contribution in [0, 0.1) is 6.92 Å². The van der Waals surface area contributed by atoms with Crippen LogP contribution in [-0.2, 0) is 17.8 Å². The third kappa shape index (κ3) is 3.87. The predicted octanol–water partition coefficient (Wildman–Crippen LogP) is 3.20. The number of pyridine rings is 1. The summed E-state index contributed by atoms with van der Waals surface area (Å²) in [5.74, 6) is -0.338. The van der Waals surface area contributed by atoms with Crippen LogP contribution in [0.15, 0.2) is 48.5 Å². The number of aromatic nitrogens is 1. The average Bonchev–Trinajstić information content (AvgIpc) is 2.63. The number of hydrogen-bond acceptors (Lipinski definition) is 3. The van der Waals surface area contributed by atoms with Gasteiger partial charge in [-0.05, 0) is 30.7 Å². The number of hydrogen-bond donors (Lipinski definition) is 1. The number of aryl methyl sites for hydroxylation is 1. The van der Waals surface area contributed by atoms with Crippen LogP contribution in [0.2, 0.25) is 5.02 Å². The first-order chi connectivity index (χ1) is 12.5. The van der Waals surface area contributed by atoms with E-state index in [4.69, 9.17) is 21.3 Å². The number of benzene rings is 2. The maximum Gasteiger partial charge on any atom is 0.340 e. The number of fused-ring (bicyclic) bond motifs is 1. The second-order valence-corrected chi connectivity index (χ2v) is 6.94. The van der Waals surface area contributed by atoms with Crippen LogP contribution in [0.3, 0.4) is 0 Å². The summed E-state index contributed by atoms with van der Waals surface area (Å²) in [6.45, 7) is 3.39. The zero-order chi connectivity index (χ0) is 18.7. The Morgan fingerprint density at radius 1 is 1.12 bits per heavy atom. The van der Waals surface area contributed by atoms with E-state index in [0.29, 0.717) is 12.1 Å². The molecule has 0 aliphatic rings. The molecule has 0 amide bonds. The highest BCUT2D eigenvalue weighted by Crippen LogP contribution is 2.23. The highest BCUT2D eigenvalue weighted by molar-refractivity contribution is 6.30. The standard InChI is InChI=1S/C21H21ClN2O2/c1-14-17-6-4-5-7-18(17)23-19(20(14)21(25)26-3)13-24(2)12-15-8-10-16(22)11-9-15/h4-11H,12-13H2,1-3H3/p+1. The minimum Gasteiger partial charge on any atom is -0.465 e. The van der Waals surface area contributed by atoms with Gasteiger partial charge in [-0.25, -0.2) is 9.78 Å². The molecule has 1 N–H and O–H groups in total. The normalized spacial score (nSPS) is 12.2. The van der Waals surface area contributed by atoms with Gasteiger partial charge in [-0.2, -0.15) is 0 Å². The first-order valence-corrected chi connectivity index (χ1v) is 8.89. The number of methoxy groups -OCH3 is 1. The lowest BCUT2D eigenvalue weighted by molar-refractivity contribution is -0.908. The summed E-state index contributed by atoms with van der Waals surface area (Å²) < 4.78 is 5.02. The first kappa shape index (κ1) is 18.4. The second kappa shape index (κ2) is 7.85. The topological polar surface area (TPSA) is 43.6 Å². The van der Waals surface area contributed by atoms with Gasteiger partial charge in [0, 0.05) is 16.0 Å². The maximum absolute atomic E-state index is 12.4. The quantitative estimate of drug-likeness (QED) is 0.702. The van der Waals surface area contributed by atoms with Crippen molar-refractivity contribution < 1.29 is 14.4 Å². The average molecular weight is 370 g/mol. The number of carbonyl (C=O) groups excluding carboxylic acids is 1.